The minimum absolute atomic E-state index is 1.07. The van der Waals surface area contributed by atoms with Crippen LogP contribution in [0.25, 0.3) is 0 Å². The van der Waals surface area contributed by atoms with E-state index in [0.29, 0.717) is 0 Å². The van der Waals surface area contributed by atoms with Crippen molar-refractivity contribution in [3.63, 3.8) is 0 Å². The van der Waals surface area contributed by atoms with Crippen LogP contribution in [-0.2, 0) is 0 Å². The van der Waals surface area contributed by atoms with Crippen LogP contribution in [0.1, 0.15) is 20.3 Å². The van der Waals surface area contributed by atoms with Gasteiger partial charge in [0.05, 0.1) is 5.55 Å². The van der Waals surface area contributed by atoms with E-state index < -0.39 is 0 Å². The second-order valence-corrected chi connectivity index (χ2v) is 2.91. The molecule has 0 radical (unpaired) electrons. The van der Waals surface area contributed by atoms with Gasteiger partial charge in [0.2, 0.25) is 0 Å². The van der Waals surface area contributed by atoms with Crippen molar-refractivity contribution < 1.29 is 0 Å². The lowest BCUT2D eigenvalue weighted by Gasteiger charge is -1.93. The van der Waals surface area contributed by atoms with Gasteiger partial charge >= 0.3 is 0 Å². The Morgan fingerprint density at radius 2 is 2.27 bits per heavy atom. The fourth-order valence-electron chi connectivity index (χ4n) is 0.634. The second-order valence-electron chi connectivity index (χ2n) is 2.00. The van der Waals surface area contributed by atoms with Gasteiger partial charge in [0.15, 0.2) is 0 Å². The number of aliphatic imine (C=N–C) groups is 1. The summed E-state index contributed by atoms with van der Waals surface area (Å²) in [6.45, 7) is 4.15. The summed E-state index contributed by atoms with van der Waals surface area (Å²) in [5.74, 6) is 0. The van der Waals surface area contributed by atoms with Gasteiger partial charge in [-0.05, 0) is 13.3 Å². The Bertz CT molecular complexity index is 168. The lowest BCUT2D eigenvalue weighted by atomic mass is 10.4. The monoisotopic (exact) mass is 169 g/mol. The molecule has 0 aliphatic carbocycles. The molecule has 0 heterocycles. The predicted molar refractivity (Wildman–Crippen MR) is 55.2 cm³/mol. The Kier molecular flexibility index (Phi) is 7.26. The first-order valence-corrected chi connectivity index (χ1v) is 4.63. The summed E-state index contributed by atoms with van der Waals surface area (Å²) in [6, 6.07) is 0. The van der Waals surface area contributed by atoms with Crippen molar-refractivity contribution in [2.75, 3.05) is 7.05 Å². The summed E-state index contributed by atoms with van der Waals surface area (Å²) >= 11 is 1.65. The molecule has 0 N–H and O–H groups in total. The van der Waals surface area contributed by atoms with Gasteiger partial charge in [-0.25, -0.2) is 0 Å². The molecule has 62 valence electrons. The standard InChI is InChI=1S/C9H15NS/c1-4-6-9(7-5-2)11-8-10-3/h4,6-8H,5H2,1-3H3/b6-4+,9-7+,10-8?. The highest BCUT2D eigenvalue weighted by Gasteiger charge is 1.86. The SMILES string of the molecule is C/C=C/C(=C\CC)SC=NC. The number of allylic oxidation sites excluding steroid dienone is 3. The largest absolute Gasteiger partial charge is 0.289 e. The maximum atomic E-state index is 3.90. The van der Waals surface area contributed by atoms with E-state index in [4.69, 9.17) is 0 Å². The van der Waals surface area contributed by atoms with Crippen LogP contribution in [-0.4, -0.2) is 12.6 Å². The van der Waals surface area contributed by atoms with Gasteiger partial charge in [0, 0.05) is 12.0 Å². The summed E-state index contributed by atoms with van der Waals surface area (Å²) in [7, 11) is 1.78. The Balaban J connectivity index is 4.00. The smallest absolute Gasteiger partial charge is 0.0585 e. The molecule has 0 bridgehead atoms. The van der Waals surface area contributed by atoms with Crippen molar-refractivity contribution in [1.82, 2.24) is 0 Å². The molecule has 0 atom stereocenters. The zero-order valence-electron chi connectivity index (χ0n) is 7.37. The molecule has 0 saturated carbocycles. The Labute approximate surface area is 73.3 Å². The quantitative estimate of drug-likeness (QED) is 0.357. The van der Waals surface area contributed by atoms with E-state index >= 15 is 0 Å². The maximum absolute atomic E-state index is 3.90. The summed E-state index contributed by atoms with van der Waals surface area (Å²) in [5.41, 5.74) is 1.85. The molecule has 0 unspecified atom stereocenters. The van der Waals surface area contributed by atoms with Crippen LogP contribution in [0.15, 0.2) is 28.1 Å². The van der Waals surface area contributed by atoms with Crippen LogP contribution in [0, 0.1) is 0 Å². The predicted octanol–water partition coefficient (Wildman–Crippen LogP) is 3.25. The lowest BCUT2D eigenvalue weighted by Crippen LogP contribution is -1.70. The normalized spacial score (nSPS) is 13.5. The van der Waals surface area contributed by atoms with Crippen molar-refractivity contribution in [2.45, 2.75) is 20.3 Å². The first kappa shape index (κ1) is 10.5. The second kappa shape index (κ2) is 7.61. The van der Waals surface area contributed by atoms with Gasteiger partial charge in [0.1, 0.15) is 0 Å². The van der Waals surface area contributed by atoms with Crippen LogP contribution in [0.2, 0.25) is 0 Å². The summed E-state index contributed by atoms with van der Waals surface area (Å²) in [6.07, 6.45) is 7.39. The molecule has 1 nitrogen and oxygen atoms in total. The highest BCUT2D eigenvalue weighted by molar-refractivity contribution is 8.15. The number of nitrogens with zero attached hydrogens (tertiary/aromatic N) is 1. The molecule has 11 heavy (non-hydrogen) atoms. The average molecular weight is 169 g/mol. The molecule has 0 aromatic heterocycles. The van der Waals surface area contributed by atoms with Crippen LogP contribution in [0.5, 0.6) is 0 Å². The molecule has 0 aromatic rings. The van der Waals surface area contributed by atoms with Crippen molar-refractivity contribution in [2.24, 2.45) is 4.99 Å². The fourth-order valence-corrected chi connectivity index (χ4v) is 1.34. The summed E-state index contributed by atoms with van der Waals surface area (Å²) in [5, 5.41) is 0. The van der Waals surface area contributed by atoms with Gasteiger partial charge in [-0.15, -0.1) is 0 Å². The van der Waals surface area contributed by atoms with Gasteiger partial charge in [-0.1, -0.05) is 36.9 Å². The molecule has 0 rings (SSSR count). The Hall–Kier alpha value is -0.500. The number of hydrogen-bond acceptors (Lipinski definition) is 2. The van der Waals surface area contributed by atoms with E-state index in [1.165, 1.54) is 4.91 Å². The first-order chi connectivity index (χ1) is 5.35. The molecule has 0 saturated heterocycles. The lowest BCUT2D eigenvalue weighted by molar-refractivity contribution is 1.22. The Morgan fingerprint density at radius 3 is 2.73 bits per heavy atom. The van der Waals surface area contributed by atoms with Gasteiger partial charge in [-0.2, -0.15) is 0 Å². The van der Waals surface area contributed by atoms with Gasteiger partial charge in [-0.3, -0.25) is 4.99 Å². The third kappa shape index (κ3) is 5.92. The van der Waals surface area contributed by atoms with Gasteiger partial charge in [0.25, 0.3) is 0 Å². The van der Waals surface area contributed by atoms with Crippen molar-refractivity contribution >= 4 is 17.3 Å². The fraction of sp³-hybridized carbons (Fsp3) is 0.444. The van der Waals surface area contributed by atoms with E-state index in [2.05, 4.69) is 24.1 Å². The third-order valence-electron chi connectivity index (χ3n) is 1.03. The van der Waals surface area contributed by atoms with Crippen LogP contribution >= 0.6 is 11.8 Å². The molecule has 0 amide bonds. The molecular weight excluding hydrogens is 154 g/mol. The number of thioether (sulfide) groups is 1. The zero-order chi connectivity index (χ0) is 8.53. The zero-order valence-corrected chi connectivity index (χ0v) is 8.19. The van der Waals surface area contributed by atoms with Crippen LogP contribution < -0.4 is 0 Å². The Morgan fingerprint density at radius 1 is 1.55 bits per heavy atom. The van der Waals surface area contributed by atoms with E-state index in [9.17, 15) is 0 Å². The van der Waals surface area contributed by atoms with Crippen LogP contribution in [0.4, 0.5) is 0 Å². The van der Waals surface area contributed by atoms with E-state index in [1.807, 2.05) is 18.5 Å². The van der Waals surface area contributed by atoms with Crippen molar-refractivity contribution in [1.29, 1.82) is 0 Å². The van der Waals surface area contributed by atoms with Crippen LogP contribution in [0.3, 0.4) is 0 Å². The first-order valence-electron chi connectivity index (χ1n) is 3.75. The highest BCUT2D eigenvalue weighted by atomic mass is 32.2. The number of rotatable bonds is 4. The molecular formula is C9H15NS. The summed E-state index contributed by atoms with van der Waals surface area (Å²) in [4.78, 5) is 5.17. The summed E-state index contributed by atoms with van der Waals surface area (Å²) < 4.78 is 0. The van der Waals surface area contributed by atoms with Crippen molar-refractivity contribution in [3.05, 3.63) is 23.1 Å². The topological polar surface area (TPSA) is 12.4 Å². The molecule has 0 aliphatic rings. The highest BCUT2D eigenvalue weighted by Crippen LogP contribution is 2.14. The average Bonchev–Trinajstić information content (AvgIpc) is 2.01. The number of hydrogen-bond donors (Lipinski definition) is 0. The van der Waals surface area contributed by atoms with E-state index in [-0.39, 0.29) is 0 Å². The minimum Gasteiger partial charge on any atom is -0.289 e. The molecule has 2 heteroatoms. The van der Waals surface area contributed by atoms with Crippen molar-refractivity contribution in [3.8, 4) is 0 Å². The van der Waals surface area contributed by atoms with E-state index in [0.717, 1.165) is 6.42 Å². The van der Waals surface area contributed by atoms with E-state index in [1.54, 1.807) is 18.8 Å². The molecule has 0 spiro atoms. The minimum atomic E-state index is 1.07. The maximum Gasteiger partial charge on any atom is 0.0585 e. The van der Waals surface area contributed by atoms with Gasteiger partial charge < -0.3 is 0 Å². The molecule has 0 aliphatic heterocycles. The molecule has 0 aromatic carbocycles. The third-order valence-corrected chi connectivity index (χ3v) is 1.92. The molecule has 0 fully saturated rings.